The molecule has 64 valence electrons. The lowest BCUT2D eigenvalue weighted by Gasteiger charge is -1.91. The molecule has 2 N–H and O–H groups in total. The van der Waals surface area contributed by atoms with Gasteiger partial charge in [-0.3, -0.25) is 0 Å². The molecule has 13 heavy (non-hydrogen) atoms. The first-order valence-electron chi connectivity index (χ1n) is 3.91. The molecule has 0 saturated heterocycles. The number of hydrogen-bond donors (Lipinski definition) is 1. The highest BCUT2D eigenvalue weighted by molar-refractivity contribution is 5.43. The van der Waals surface area contributed by atoms with Crippen LogP contribution in [0.5, 0.6) is 0 Å². The normalized spacial score (nSPS) is 10.2. The molecule has 2 aromatic heterocycles. The van der Waals surface area contributed by atoms with Gasteiger partial charge in [-0.1, -0.05) is 0 Å². The van der Waals surface area contributed by atoms with Crippen LogP contribution in [0.25, 0.3) is 5.65 Å². The van der Waals surface area contributed by atoms with Crippen LogP contribution in [-0.2, 0) is 6.54 Å². The average Bonchev–Trinajstić information content (AvgIpc) is 2.58. The van der Waals surface area contributed by atoms with E-state index in [0.717, 1.165) is 11.3 Å². The van der Waals surface area contributed by atoms with Crippen LogP contribution >= 0.6 is 0 Å². The summed E-state index contributed by atoms with van der Waals surface area (Å²) in [6.07, 6.45) is 3.57. The summed E-state index contributed by atoms with van der Waals surface area (Å²) in [7, 11) is 0. The van der Waals surface area contributed by atoms with Crippen molar-refractivity contribution in [1.82, 2.24) is 9.38 Å². The second kappa shape index (κ2) is 2.88. The minimum Gasteiger partial charge on any atom is -0.325 e. The van der Waals surface area contributed by atoms with Gasteiger partial charge >= 0.3 is 0 Å². The van der Waals surface area contributed by atoms with E-state index in [1.54, 1.807) is 22.7 Å². The Balaban J connectivity index is 2.65. The van der Waals surface area contributed by atoms with Crippen molar-refractivity contribution < 1.29 is 0 Å². The molecule has 0 aliphatic carbocycles. The van der Waals surface area contributed by atoms with Crippen LogP contribution in [-0.4, -0.2) is 9.38 Å². The third-order valence-electron chi connectivity index (χ3n) is 1.84. The Labute approximate surface area is 75.2 Å². The van der Waals surface area contributed by atoms with E-state index in [1.807, 2.05) is 6.20 Å². The second-order valence-electron chi connectivity index (χ2n) is 2.73. The number of nitriles is 1. The Morgan fingerprint density at radius 1 is 1.46 bits per heavy atom. The van der Waals surface area contributed by atoms with Crippen LogP contribution in [0.3, 0.4) is 0 Å². The number of hydrogen-bond acceptors (Lipinski definition) is 3. The van der Waals surface area contributed by atoms with E-state index in [-0.39, 0.29) is 0 Å². The Hall–Kier alpha value is -1.86. The molecule has 0 aromatic carbocycles. The third kappa shape index (κ3) is 1.25. The van der Waals surface area contributed by atoms with Crippen molar-refractivity contribution in [1.29, 1.82) is 5.26 Å². The van der Waals surface area contributed by atoms with Gasteiger partial charge in [0.25, 0.3) is 0 Å². The monoisotopic (exact) mass is 172 g/mol. The highest BCUT2D eigenvalue weighted by Gasteiger charge is 1.99. The molecule has 0 amide bonds. The van der Waals surface area contributed by atoms with E-state index >= 15 is 0 Å². The van der Waals surface area contributed by atoms with E-state index in [1.165, 1.54) is 0 Å². The highest BCUT2D eigenvalue weighted by atomic mass is 15.0. The largest absolute Gasteiger partial charge is 0.325 e. The van der Waals surface area contributed by atoms with Crippen LogP contribution < -0.4 is 5.73 Å². The lowest BCUT2D eigenvalue weighted by molar-refractivity contribution is 1.01. The first-order valence-corrected chi connectivity index (χ1v) is 3.91. The molecule has 0 bridgehead atoms. The standard InChI is InChI=1S/C9H8N4/c10-3-7-1-2-9-12-8(4-11)6-13(9)5-7/h1-2,5-6H,4,11H2. The molecular formula is C9H8N4. The van der Waals surface area contributed by atoms with E-state index in [2.05, 4.69) is 11.1 Å². The maximum absolute atomic E-state index is 8.65. The zero-order chi connectivity index (χ0) is 9.26. The fourth-order valence-corrected chi connectivity index (χ4v) is 1.21. The molecule has 0 spiro atoms. The molecule has 0 fully saturated rings. The fourth-order valence-electron chi connectivity index (χ4n) is 1.21. The van der Waals surface area contributed by atoms with Gasteiger partial charge in [-0.05, 0) is 12.1 Å². The van der Waals surface area contributed by atoms with Crippen LogP contribution in [0, 0.1) is 11.3 Å². The van der Waals surface area contributed by atoms with Crippen molar-refractivity contribution in [2.75, 3.05) is 0 Å². The van der Waals surface area contributed by atoms with Crippen LogP contribution in [0.2, 0.25) is 0 Å². The summed E-state index contributed by atoms with van der Waals surface area (Å²) < 4.78 is 1.81. The van der Waals surface area contributed by atoms with Gasteiger partial charge in [0.05, 0.1) is 11.3 Å². The summed E-state index contributed by atoms with van der Waals surface area (Å²) >= 11 is 0. The second-order valence-corrected chi connectivity index (χ2v) is 2.73. The van der Waals surface area contributed by atoms with E-state index < -0.39 is 0 Å². The number of rotatable bonds is 1. The van der Waals surface area contributed by atoms with Gasteiger partial charge in [0, 0.05) is 18.9 Å². The van der Waals surface area contributed by atoms with Crippen molar-refractivity contribution in [2.24, 2.45) is 5.73 Å². The average molecular weight is 172 g/mol. The quantitative estimate of drug-likeness (QED) is 0.687. The molecule has 0 saturated carbocycles. The number of nitrogens with zero attached hydrogens (tertiary/aromatic N) is 3. The molecule has 2 rings (SSSR count). The molecule has 0 radical (unpaired) electrons. The van der Waals surface area contributed by atoms with Crippen molar-refractivity contribution in [2.45, 2.75) is 6.54 Å². The Morgan fingerprint density at radius 3 is 3.00 bits per heavy atom. The molecular weight excluding hydrogens is 164 g/mol. The van der Waals surface area contributed by atoms with Crippen molar-refractivity contribution in [3.8, 4) is 6.07 Å². The van der Waals surface area contributed by atoms with E-state index in [0.29, 0.717) is 12.1 Å². The number of pyridine rings is 1. The number of nitrogens with two attached hydrogens (primary N) is 1. The highest BCUT2D eigenvalue weighted by Crippen LogP contribution is 2.06. The maximum Gasteiger partial charge on any atom is 0.137 e. The van der Waals surface area contributed by atoms with Gasteiger partial charge in [-0.2, -0.15) is 5.26 Å². The van der Waals surface area contributed by atoms with Crippen molar-refractivity contribution >= 4 is 5.65 Å². The summed E-state index contributed by atoms with van der Waals surface area (Å²) in [5, 5.41) is 8.65. The molecule has 0 aliphatic rings. The molecule has 0 atom stereocenters. The van der Waals surface area contributed by atoms with E-state index in [4.69, 9.17) is 11.0 Å². The number of fused-ring (bicyclic) bond motifs is 1. The molecule has 0 unspecified atom stereocenters. The third-order valence-corrected chi connectivity index (χ3v) is 1.84. The zero-order valence-corrected chi connectivity index (χ0v) is 6.94. The molecule has 2 aromatic rings. The first-order chi connectivity index (χ1) is 6.33. The lowest BCUT2D eigenvalue weighted by atomic mass is 10.3. The van der Waals surface area contributed by atoms with Crippen LogP contribution in [0.15, 0.2) is 24.5 Å². The van der Waals surface area contributed by atoms with Crippen molar-refractivity contribution in [3.05, 3.63) is 35.8 Å². The first kappa shape index (κ1) is 7.77. The van der Waals surface area contributed by atoms with Gasteiger partial charge in [0.2, 0.25) is 0 Å². The Bertz CT molecular complexity index is 478. The summed E-state index contributed by atoms with van der Waals surface area (Å²) in [6, 6.07) is 5.61. The topological polar surface area (TPSA) is 67.1 Å². The summed E-state index contributed by atoms with van der Waals surface area (Å²) in [4.78, 5) is 4.24. The smallest absolute Gasteiger partial charge is 0.137 e. The van der Waals surface area contributed by atoms with E-state index in [9.17, 15) is 0 Å². The Kier molecular flexibility index (Phi) is 1.72. The molecule has 0 aliphatic heterocycles. The van der Waals surface area contributed by atoms with Gasteiger partial charge < -0.3 is 10.1 Å². The van der Waals surface area contributed by atoms with Gasteiger partial charge in [-0.25, -0.2) is 4.98 Å². The predicted molar refractivity (Wildman–Crippen MR) is 47.8 cm³/mol. The summed E-state index contributed by atoms with van der Waals surface area (Å²) in [5.74, 6) is 0. The lowest BCUT2D eigenvalue weighted by Crippen LogP contribution is -1.95. The summed E-state index contributed by atoms with van der Waals surface area (Å²) in [6.45, 7) is 0.420. The minimum absolute atomic E-state index is 0.420. The van der Waals surface area contributed by atoms with Crippen molar-refractivity contribution in [3.63, 3.8) is 0 Å². The molecule has 4 heteroatoms. The molecule has 2 heterocycles. The fraction of sp³-hybridized carbons (Fsp3) is 0.111. The zero-order valence-electron chi connectivity index (χ0n) is 6.94. The maximum atomic E-state index is 8.65. The minimum atomic E-state index is 0.420. The summed E-state index contributed by atoms with van der Waals surface area (Å²) in [5.41, 5.74) is 7.71. The van der Waals surface area contributed by atoms with Crippen LogP contribution in [0.1, 0.15) is 11.3 Å². The van der Waals surface area contributed by atoms with Gasteiger partial charge in [-0.15, -0.1) is 0 Å². The Morgan fingerprint density at radius 2 is 2.31 bits per heavy atom. The predicted octanol–water partition coefficient (Wildman–Crippen LogP) is 0.665. The van der Waals surface area contributed by atoms with Crippen LogP contribution in [0.4, 0.5) is 0 Å². The SMILES string of the molecule is N#Cc1ccc2nc(CN)cn2c1. The number of aromatic nitrogens is 2. The number of imidazole rings is 1. The van der Waals surface area contributed by atoms with Gasteiger partial charge in [0.1, 0.15) is 11.7 Å². The van der Waals surface area contributed by atoms with Gasteiger partial charge in [0.15, 0.2) is 0 Å². The molecule has 4 nitrogen and oxygen atoms in total.